The van der Waals surface area contributed by atoms with Crippen LogP contribution in [0, 0.1) is 5.41 Å². The van der Waals surface area contributed by atoms with E-state index < -0.39 is 17.6 Å². The van der Waals surface area contributed by atoms with E-state index in [-0.39, 0.29) is 24.2 Å². The van der Waals surface area contributed by atoms with E-state index in [2.05, 4.69) is 15.5 Å². The lowest BCUT2D eigenvalue weighted by molar-refractivity contribution is -0.132. The van der Waals surface area contributed by atoms with Crippen LogP contribution in [0.15, 0.2) is 58.7 Å². The van der Waals surface area contributed by atoms with E-state index >= 15 is 0 Å². The molecule has 0 aliphatic carbocycles. The van der Waals surface area contributed by atoms with Crippen LogP contribution in [0.2, 0.25) is 0 Å². The molecule has 0 aliphatic rings. The number of rotatable bonds is 12. The van der Waals surface area contributed by atoms with Gasteiger partial charge in [-0.3, -0.25) is 9.69 Å². The summed E-state index contributed by atoms with van der Waals surface area (Å²) in [7, 11) is 1.56. The molecule has 2 amide bonds. The van der Waals surface area contributed by atoms with Gasteiger partial charge < -0.3 is 31.4 Å². The molecule has 0 aromatic heterocycles. The number of amidine groups is 2. The molecule has 0 heterocycles. The summed E-state index contributed by atoms with van der Waals surface area (Å²) in [5.74, 6) is 0.00172. The molecule has 0 spiro atoms. The quantitative estimate of drug-likeness (QED) is 0.187. The highest BCUT2D eigenvalue weighted by Crippen LogP contribution is 2.17. The number of aliphatic hydroxyl groups is 1. The number of carbonyl (C=O) groups is 2. The molecule has 6 N–H and O–H groups in total. The zero-order valence-corrected chi connectivity index (χ0v) is 22.6. The third-order valence-electron chi connectivity index (χ3n) is 5.73. The molecule has 2 aromatic rings. The summed E-state index contributed by atoms with van der Waals surface area (Å²) in [4.78, 5) is 26.2. The molecule has 0 saturated carbocycles. The first-order chi connectivity index (χ1) is 18.0. The average molecular weight is 527 g/mol. The Morgan fingerprint density at radius 1 is 1.05 bits per heavy atom. The maximum atomic E-state index is 12.5. The Balaban J connectivity index is 1.93. The van der Waals surface area contributed by atoms with Crippen molar-refractivity contribution in [3.05, 3.63) is 65.2 Å². The van der Waals surface area contributed by atoms with Crippen molar-refractivity contribution in [3.8, 4) is 0 Å². The summed E-state index contributed by atoms with van der Waals surface area (Å²) >= 11 is 0. The van der Waals surface area contributed by atoms with E-state index in [0.717, 1.165) is 11.1 Å². The van der Waals surface area contributed by atoms with Gasteiger partial charge in [0.25, 0.3) is 0 Å². The molecule has 0 aliphatic heterocycles. The summed E-state index contributed by atoms with van der Waals surface area (Å²) in [5.41, 5.74) is 14.2. The van der Waals surface area contributed by atoms with Crippen LogP contribution in [0.4, 0.5) is 10.5 Å². The van der Waals surface area contributed by atoms with Gasteiger partial charge in [-0.05, 0) is 51.0 Å². The molecule has 2 aromatic carbocycles. The summed E-state index contributed by atoms with van der Waals surface area (Å²) in [6.07, 6.45) is -1.48. The van der Waals surface area contributed by atoms with E-state index in [9.17, 15) is 9.59 Å². The number of amides is 2. The van der Waals surface area contributed by atoms with Crippen LogP contribution in [0.5, 0.6) is 0 Å². The Hall–Kier alpha value is -3.96. The topological polar surface area (TPSA) is 165 Å². The summed E-state index contributed by atoms with van der Waals surface area (Å²) < 4.78 is 10.7. The maximum absolute atomic E-state index is 12.5. The Labute approximate surface area is 223 Å². The van der Waals surface area contributed by atoms with Gasteiger partial charge in [-0.25, -0.2) is 4.79 Å². The molecule has 2 rings (SSSR count). The second-order valence-electron chi connectivity index (χ2n) is 9.32. The number of ether oxygens (including phenoxy) is 2. The second-order valence-corrected chi connectivity index (χ2v) is 9.32. The van der Waals surface area contributed by atoms with Crippen LogP contribution in [-0.2, 0) is 27.4 Å². The van der Waals surface area contributed by atoms with Crippen LogP contribution in [0.25, 0.3) is 0 Å². The minimum Gasteiger partial charge on any atom is -0.438 e. The van der Waals surface area contributed by atoms with Crippen molar-refractivity contribution in [1.82, 2.24) is 5.32 Å². The Morgan fingerprint density at radius 3 is 2.24 bits per heavy atom. The largest absolute Gasteiger partial charge is 0.438 e. The van der Waals surface area contributed by atoms with E-state index in [1.54, 1.807) is 50.4 Å². The fourth-order valence-corrected chi connectivity index (χ4v) is 3.11. The van der Waals surface area contributed by atoms with Gasteiger partial charge >= 0.3 is 6.09 Å². The highest BCUT2D eigenvalue weighted by atomic mass is 16.6. The van der Waals surface area contributed by atoms with Crippen molar-refractivity contribution in [2.24, 2.45) is 27.1 Å². The zero-order valence-electron chi connectivity index (χ0n) is 22.6. The molecule has 0 radical (unpaired) electrons. The van der Waals surface area contributed by atoms with Crippen LogP contribution >= 0.6 is 0 Å². The Bertz CT molecular complexity index is 1130. The number of hydrogen-bond acceptors (Lipinski definition) is 7. The molecular weight excluding hydrogens is 488 g/mol. The van der Waals surface area contributed by atoms with Crippen LogP contribution in [0.3, 0.4) is 0 Å². The van der Waals surface area contributed by atoms with Crippen molar-refractivity contribution in [3.63, 3.8) is 0 Å². The summed E-state index contributed by atoms with van der Waals surface area (Å²) in [6.45, 7) is 8.31. The molecule has 0 bridgehead atoms. The number of nitrogens with one attached hydrogen (secondary N) is 1. The van der Waals surface area contributed by atoms with Crippen molar-refractivity contribution < 1.29 is 24.2 Å². The van der Waals surface area contributed by atoms with Gasteiger partial charge in [0.1, 0.15) is 0 Å². The third kappa shape index (κ3) is 8.86. The zero-order chi connectivity index (χ0) is 28.3. The number of anilines is 1. The molecule has 0 fully saturated rings. The van der Waals surface area contributed by atoms with E-state index in [4.69, 9.17) is 26.0 Å². The first-order valence-corrected chi connectivity index (χ1v) is 12.2. The molecule has 1 atom stereocenters. The first kappa shape index (κ1) is 30.3. The number of hydrogen-bond donors (Lipinski definition) is 4. The normalized spacial score (nSPS) is 13.1. The SMILES string of the molecule is CCOCC(C)(C)C(=O)NCc1ccc(/C(N)=N/N=C(\N)C(C)OC(=O)N(C)c2ccc(CO)cc2)cc1. The van der Waals surface area contributed by atoms with E-state index in [0.29, 0.717) is 31.0 Å². The highest BCUT2D eigenvalue weighted by Gasteiger charge is 2.27. The minimum atomic E-state index is -0.851. The molecular formula is C27H38N6O5. The molecule has 38 heavy (non-hydrogen) atoms. The van der Waals surface area contributed by atoms with Gasteiger partial charge in [-0.2, -0.15) is 0 Å². The van der Waals surface area contributed by atoms with Crippen LogP contribution in [0.1, 0.15) is 44.4 Å². The van der Waals surface area contributed by atoms with Crippen LogP contribution < -0.4 is 21.7 Å². The van der Waals surface area contributed by atoms with Crippen molar-refractivity contribution in [2.45, 2.75) is 47.0 Å². The standard InChI is InChI=1S/C27H38N6O5/c1-6-37-17-27(3,4)25(35)30-15-19-7-11-21(12-8-19)24(29)32-31-23(28)18(2)38-26(36)33(5)22-13-9-20(16-34)10-14-22/h7-14,18,34H,6,15-17H2,1-5H3,(H2,28,31)(H2,29,32)(H,30,35). The first-order valence-electron chi connectivity index (χ1n) is 12.2. The second kappa shape index (κ2) is 14.1. The van der Waals surface area contributed by atoms with Gasteiger partial charge in [0.2, 0.25) is 5.91 Å². The monoisotopic (exact) mass is 526 g/mol. The molecule has 206 valence electrons. The number of carbonyl (C=O) groups excluding carboxylic acids is 2. The van der Waals surface area contributed by atoms with Gasteiger partial charge in [-0.15, -0.1) is 10.2 Å². The Morgan fingerprint density at radius 2 is 1.66 bits per heavy atom. The maximum Gasteiger partial charge on any atom is 0.414 e. The summed E-state index contributed by atoms with van der Waals surface area (Å²) in [5, 5.41) is 19.9. The average Bonchev–Trinajstić information content (AvgIpc) is 2.92. The predicted octanol–water partition coefficient (Wildman–Crippen LogP) is 2.50. The molecule has 11 nitrogen and oxygen atoms in total. The van der Waals surface area contributed by atoms with Gasteiger partial charge in [0.05, 0.1) is 18.6 Å². The molecule has 1 unspecified atom stereocenters. The Kier molecular flexibility index (Phi) is 11.2. The van der Waals surface area contributed by atoms with Gasteiger partial charge in [0.15, 0.2) is 17.8 Å². The number of nitrogens with zero attached hydrogens (tertiary/aromatic N) is 3. The predicted molar refractivity (Wildman–Crippen MR) is 148 cm³/mol. The van der Waals surface area contributed by atoms with Crippen molar-refractivity contribution in [2.75, 3.05) is 25.2 Å². The number of benzene rings is 2. The molecule has 11 heteroatoms. The van der Waals surface area contributed by atoms with Gasteiger partial charge in [-0.1, -0.05) is 36.4 Å². The van der Waals surface area contributed by atoms with E-state index in [1.807, 2.05) is 32.9 Å². The fraction of sp³-hybridized carbons (Fsp3) is 0.407. The lowest BCUT2D eigenvalue weighted by Crippen LogP contribution is -2.39. The van der Waals surface area contributed by atoms with Crippen LogP contribution in [-0.4, -0.2) is 55.1 Å². The number of nitrogens with two attached hydrogens (primary N) is 2. The van der Waals surface area contributed by atoms with E-state index in [1.165, 1.54) is 4.90 Å². The lowest BCUT2D eigenvalue weighted by atomic mass is 9.93. The fourth-order valence-electron chi connectivity index (χ4n) is 3.11. The van der Waals surface area contributed by atoms with Gasteiger partial charge in [0, 0.05) is 31.5 Å². The summed E-state index contributed by atoms with van der Waals surface area (Å²) in [6, 6.07) is 14.0. The molecule has 0 saturated heterocycles. The highest BCUT2D eigenvalue weighted by molar-refractivity contribution is 5.98. The lowest BCUT2D eigenvalue weighted by Gasteiger charge is -2.23. The number of aliphatic hydroxyl groups excluding tert-OH is 1. The third-order valence-corrected chi connectivity index (χ3v) is 5.73. The van der Waals surface area contributed by atoms with Crippen molar-refractivity contribution >= 4 is 29.4 Å². The smallest absolute Gasteiger partial charge is 0.414 e. The van der Waals surface area contributed by atoms with Crippen molar-refractivity contribution in [1.29, 1.82) is 0 Å². The minimum absolute atomic E-state index is 0.0284.